The molecule has 1 heterocycles. The van der Waals surface area contributed by atoms with Gasteiger partial charge in [-0.05, 0) is 6.42 Å². The van der Waals surface area contributed by atoms with Crippen molar-refractivity contribution in [3.8, 4) is 0 Å². The first-order chi connectivity index (χ1) is 7.99. The smallest absolute Gasteiger partial charge is 0.231 e. The molecule has 1 amide bonds. The SMILES string of the molecule is CN(C)c1nc(N)nc(NCCCC(N)=O)n1. The van der Waals surface area contributed by atoms with Crippen LogP contribution in [0.4, 0.5) is 17.8 Å². The van der Waals surface area contributed by atoms with Gasteiger partial charge in [-0.3, -0.25) is 4.79 Å². The minimum Gasteiger partial charge on any atom is -0.370 e. The van der Waals surface area contributed by atoms with Crippen molar-refractivity contribution < 1.29 is 4.79 Å². The second-order valence-electron chi connectivity index (χ2n) is 3.71. The maximum Gasteiger partial charge on any atom is 0.231 e. The lowest BCUT2D eigenvalue weighted by molar-refractivity contribution is -0.118. The van der Waals surface area contributed by atoms with E-state index in [-0.39, 0.29) is 11.9 Å². The molecule has 0 radical (unpaired) electrons. The van der Waals surface area contributed by atoms with Gasteiger partial charge in [0.25, 0.3) is 0 Å². The predicted molar refractivity (Wildman–Crippen MR) is 65.5 cm³/mol. The standard InChI is InChI=1S/C9H17N7O/c1-16(2)9-14-7(11)13-8(15-9)12-5-3-4-6(10)17/h3-5H2,1-2H3,(H2,10,17)(H3,11,12,13,14,15). The highest BCUT2D eigenvalue weighted by molar-refractivity contribution is 5.73. The number of amides is 1. The number of anilines is 3. The number of hydrogen-bond donors (Lipinski definition) is 3. The Morgan fingerprint density at radius 1 is 1.35 bits per heavy atom. The van der Waals surface area contributed by atoms with E-state index in [9.17, 15) is 4.79 Å². The van der Waals surface area contributed by atoms with Crippen LogP contribution in [-0.2, 0) is 4.79 Å². The Morgan fingerprint density at radius 3 is 2.65 bits per heavy atom. The third kappa shape index (κ3) is 4.49. The summed E-state index contributed by atoms with van der Waals surface area (Å²) in [6.07, 6.45) is 0.951. The van der Waals surface area contributed by atoms with Crippen molar-refractivity contribution in [2.75, 3.05) is 36.6 Å². The van der Waals surface area contributed by atoms with Gasteiger partial charge in [0.05, 0.1) is 0 Å². The number of nitrogens with two attached hydrogens (primary N) is 2. The summed E-state index contributed by atoms with van der Waals surface area (Å²) in [5.74, 6) is 0.706. The van der Waals surface area contributed by atoms with Gasteiger partial charge in [0.15, 0.2) is 0 Å². The van der Waals surface area contributed by atoms with Crippen LogP contribution in [0.1, 0.15) is 12.8 Å². The molecular formula is C9H17N7O. The topological polar surface area (TPSA) is 123 Å². The third-order valence-electron chi connectivity index (χ3n) is 1.92. The molecule has 0 spiro atoms. The van der Waals surface area contributed by atoms with Gasteiger partial charge in [-0.1, -0.05) is 0 Å². The van der Waals surface area contributed by atoms with Crippen molar-refractivity contribution in [3.05, 3.63) is 0 Å². The lowest BCUT2D eigenvalue weighted by Gasteiger charge is -2.11. The van der Waals surface area contributed by atoms with Crippen molar-refractivity contribution in [2.24, 2.45) is 5.73 Å². The van der Waals surface area contributed by atoms with Crippen LogP contribution in [-0.4, -0.2) is 41.5 Å². The van der Waals surface area contributed by atoms with Gasteiger partial charge in [-0.15, -0.1) is 0 Å². The highest BCUT2D eigenvalue weighted by Gasteiger charge is 2.05. The van der Waals surface area contributed by atoms with E-state index in [1.54, 1.807) is 4.90 Å². The molecule has 5 N–H and O–H groups in total. The maximum absolute atomic E-state index is 10.5. The summed E-state index contributed by atoms with van der Waals surface area (Å²) < 4.78 is 0. The molecule has 1 rings (SSSR count). The van der Waals surface area contributed by atoms with Crippen LogP contribution < -0.4 is 21.7 Å². The average molecular weight is 239 g/mol. The Balaban J connectivity index is 2.55. The Bertz CT molecular complexity index is 393. The largest absolute Gasteiger partial charge is 0.370 e. The molecule has 94 valence electrons. The molecule has 1 aromatic heterocycles. The molecule has 1 aromatic rings. The molecule has 0 saturated heterocycles. The molecule has 0 bridgehead atoms. The fourth-order valence-corrected chi connectivity index (χ4v) is 1.12. The highest BCUT2D eigenvalue weighted by Crippen LogP contribution is 2.08. The third-order valence-corrected chi connectivity index (χ3v) is 1.92. The number of nitrogens with one attached hydrogen (secondary N) is 1. The number of hydrogen-bond acceptors (Lipinski definition) is 7. The van der Waals surface area contributed by atoms with Gasteiger partial charge in [-0.2, -0.15) is 15.0 Å². The summed E-state index contributed by atoms with van der Waals surface area (Å²) in [5.41, 5.74) is 10.6. The van der Waals surface area contributed by atoms with Crippen LogP contribution in [0.15, 0.2) is 0 Å². The maximum atomic E-state index is 10.5. The average Bonchev–Trinajstić information content (AvgIpc) is 2.23. The molecule has 0 saturated carbocycles. The van der Waals surface area contributed by atoms with Crippen LogP contribution in [0, 0.1) is 0 Å². The van der Waals surface area contributed by atoms with Crippen molar-refractivity contribution in [3.63, 3.8) is 0 Å². The Kier molecular flexibility index (Phi) is 4.44. The van der Waals surface area contributed by atoms with Crippen molar-refractivity contribution in [2.45, 2.75) is 12.8 Å². The molecule has 8 heteroatoms. The first kappa shape index (κ1) is 12.9. The molecular weight excluding hydrogens is 222 g/mol. The minimum atomic E-state index is -0.323. The summed E-state index contributed by atoms with van der Waals surface area (Å²) in [6, 6.07) is 0. The van der Waals surface area contributed by atoms with Crippen LogP contribution >= 0.6 is 0 Å². The second kappa shape index (κ2) is 5.83. The molecule has 0 aromatic carbocycles. The predicted octanol–water partition coefficient (Wildman–Crippen LogP) is -0.803. The van der Waals surface area contributed by atoms with E-state index >= 15 is 0 Å². The molecule has 0 aliphatic rings. The highest BCUT2D eigenvalue weighted by atomic mass is 16.1. The zero-order chi connectivity index (χ0) is 12.8. The van der Waals surface area contributed by atoms with E-state index in [0.717, 1.165) is 0 Å². The number of aromatic nitrogens is 3. The Morgan fingerprint density at radius 2 is 2.06 bits per heavy atom. The molecule has 0 aliphatic carbocycles. The fourth-order valence-electron chi connectivity index (χ4n) is 1.12. The molecule has 0 unspecified atom stereocenters. The lowest BCUT2D eigenvalue weighted by atomic mass is 10.3. The zero-order valence-electron chi connectivity index (χ0n) is 9.97. The van der Waals surface area contributed by atoms with E-state index in [1.165, 1.54) is 0 Å². The number of nitrogen functional groups attached to an aromatic ring is 1. The van der Waals surface area contributed by atoms with Crippen molar-refractivity contribution in [1.29, 1.82) is 0 Å². The van der Waals surface area contributed by atoms with E-state index in [2.05, 4.69) is 20.3 Å². The van der Waals surface area contributed by atoms with Crippen LogP contribution in [0.3, 0.4) is 0 Å². The number of carbonyl (C=O) groups is 1. The van der Waals surface area contributed by atoms with Crippen LogP contribution in [0.2, 0.25) is 0 Å². The lowest BCUT2D eigenvalue weighted by Crippen LogP contribution is -2.17. The molecule has 17 heavy (non-hydrogen) atoms. The summed E-state index contributed by atoms with van der Waals surface area (Å²) in [7, 11) is 3.62. The van der Waals surface area contributed by atoms with Gasteiger partial charge in [-0.25, -0.2) is 0 Å². The van der Waals surface area contributed by atoms with Crippen molar-refractivity contribution >= 4 is 23.8 Å². The van der Waals surface area contributed by atoms with E-state index in [0.29, 0.717) is 31.3 Å². The Hall–Kier alpha value is -2.12. The summed E-state index contributed by atoms with van der Waals surface area (Å²) in [6.45, 7) is 0.555. The molecule has 0 fully saturated rings. The first-order valence-corrected chi connectivity index (χ1v) is 5.20. The summed E-state index contributed by atoms with van der Waals surface area (Å²) in [4.78, 5) is 24.3. The van der Waals surface area contributed by atoms with Gasteiger partial charge in [0.1, 0.15) is 0 Å². The Labute approximate surface area is 99.4 Å². The van der Waals surface area contributed by atoms with E-state index in [1.807, 2.05) is 14.1 Å². The number of primary amides is 1. The summed E-state index contributed by atoms with van der Waals surface area (Å²) in [5, 5.41) is 2.96. The van der Waals surface area contributed by atoms with Crippen LogP contribution in [0.25, 0.3) is 0 Å². The minimum absolute atomic E-state index is 0.154. The van der Waals surface area contributed by atoms with Gasteiger partial charge in [0, 0.05) is 27.1 Å². The zero-order valence-corrected chi connectivity index (χ0v) is 9.97. The number of nitrogens with zero attached hydrogens (tertiary/aromatic N) is 4. The fraction of sp³-hybridized carbons (Fsp3) is 0.556. The first-order valence-electron chi connectivity index (χ1n) is 5.20. The molecule has 0 atom stereocenters. The van der Waals surface area contributed by atoms with Gasteiger partial charge < -0.3 is 21.7 Å². The quantitative estimate of drug-likeness (QED) is 0.555. The number of carbonyl (C=O) groups excluding carboxylic acids is 1. The van der Waals surface area contributed by atoms with Crippen LogP contribution in [0.5, 0.6) is 0 Å². The van der Waals surface area contributed by atoms with Gasteiger partial charge >= 0.3 is 0 Å². The molecule has 0 aliphatic heterocycles. The van der Waals surface area contributed by atoms with E-state index in [4.69, 9.17) is 11.5 Å². The number of rotatable bonds is 6. The summed E-state index contributed by atoms with van der Waals surface area (Å²) >= 11 is 0. The second-order valence-corrected chi connectivity index (χ2v) is 3.71. The molecule has 8 nitrogen and oxygen atoms in total. The van der Waals surface area contributed by atoms with Crippen molar-refractivity contribution in [1.82, 2.24) is 15.0 Å². The van der Waals surface area contributed by atoms with Gasteiger partial charge in [0.2, 0.25) is 23.8 Å². The normalized spacial score (nSPS) is 10.0. The van der Waals surface area contributed by atoms with E-state index < -0.39 is 0 Å². The monoisotopic (exact) mass is 239 g/mol.